The molecular weight excluding hydrogens is 537 g/mol. The first-order valence-electron chi connectivity index (χ1n) is 12.3. The van der Waals surface area contributed by atoms with Crippen molar-refractivity contribution in [3.8, 4) is 0 Å². The van der Waals surface area contributed by atoms with Crippen LogP contribution in [0.5, 0.6) is 0 Å². The Bertz CT molecular complexity index is 1310. The molecule has 1 atom stereocenters. The van der Waals surface area contributed by atoms with Gasteiger partial charge in [0.15, 0.2) is 0 Å². The fraction of sp³-hybridized carbons (Fsp3) is 0.423. The van der Waals surface area contributed by atoms with E-state index in [9.17, 15) is 22.8 Å². The summed E-state index contributed by atoms with van der Waals surface area (Å²) < 4.78 is 26.6. The van der Waals surface area contributed by atoms with E-state index in [0.29, 0.717) is 22.0 Å². The maximum absolute atomic E-state index is 13.6. The number of nitrogens with zero attached hydrogens (tertiary/aromatic N) is 2. The largest absolute Gasteiger partial charge is 0.352 e. The molecule has 8 nitrogen and oxygen atoms in total. The average Bonchev–Trinajstić information content (AvgIpc) is 3.43. The minimum absolute atomic E-state index is 0.0341. The zero-order valence-electron chi connectivity index (χ0n) is 20.5. The van der Waals surface area contributed by atoms with Gasteiger partial charge in [-0.2, -0.15) is 0 Å². The highest BCUT2D eigenvalue weighted by Crippen LogP contribution is 2.30. The molecule has 2 aromatic rings. The van der Waals surface area contributed by atoms with Crippen molar-refractivity contribution in [1.29, 1.82) is 0 Å². The Labute approximate surface area is 227 Å². The molecule has 11 heteroatoms. The summed E-state index contributed by atoms with van der Waals surface area (Å²) in [7, 11) is -4.05. The van der Waals surface area contributed by atoms with Crippen molar-refractivity contribution in [2.75, 3.05) is 6.54 Å². The van der Waals surface area contributed by atoms with Gasteiger partial charge in [-0.3, -0.25) is 14.4 Å². The van der Waals surface area contributed by atoms with E-state index in [2.05, 4.69) is 5.32 Å². The Hall–Kier alpha value is -2.62. The van der Waals surface area contributed by atoms with Gasteiger partial charge in [-0.1, -0.05) is 61.2 Å². The standard InChI is InChI=1S/C26H29Cl2N3O5S/c1-2-22(25(33)29-19-7-3-4-8-19)30(16-17-11-12-18(27)15-21(17)28)24(32)13-14-31-26(34)20-9-5-6-10-23(20)37(31,35)36/h5-6,9-12,15,19,22H,2-4,7-8,13-14,16H2,1H3,(H,29,33)/t22-/m1/s1. The number of halogens is 2. The second kappa shape index (κ2) is 11.4. The summed E-state index contributed by atoms with van der Waals surface area (Å²) in [4.78, 5) is 40.9. The van der Waals surface area contributed by atoms with E-state index in [4.69, 9.17) is 23.2 Å². The predicted molar refractivity (Wildman–Crippen MR) is 141 cm³/mol. The molecule has 1 aliphatic carbocycles. The average molecular weight is 567 g/mol. The molecule has 1 saturated carbocycles. The first-order valence-corrected chi connectivity index (χ1v) is 14.5. The smallest absolute Gasteiger partial charge is 0.269 e. The zero-order valence-corrected chi connectivity index (χ0v) is 22.8. The Kier molecular flexibility index (Phi) is 8.46. The summed E-state index contributed by atoms with van der Waals surface area (Å²) in [6.45, 7) is 1.51. The molecule has 1 aliphatic heterocycles. The first kappa shape index (κ1) is 27.4. The molecule has 4 rings (SSSR count). The van der Waals surface area contributed by atoms with Gasteiger partial charge >= 0.3 is 0 Å². The fourth-order valence-corrected chi connectivity index (χ4v) is 6.95. The lowest BCUT2D eigenvalue weighted by Crippen LogP contribution is -2.51. The fourth-order valence-electron chi connectivity index (χ4n) is 4.91. The number of amides is 3. The monoisotopic (exact) mass is 565 g/mol. The number of carbonyl (C=O) groups is 3. The number of carbonyl (C=O) groups excluding carboxylic acids is 3. The minimum atomic E-state index is -4.05. The van der Waals surface area contributed by atoms with Gasteiger partial charge in [0.25, 0.3) is 15.9 Å². The van der Waals surface area contributed by atoms with E-state index < -0.39 is 27.9 Å². The van der Waals surface area contributed by atoms with Crippen LogP contribution in [0.25, 0.3) is 0 Å². The molecule has 3 amide bonds. The van der Waals surface area contributed by atoms with Crippen molar-refractivity contribution in [2.24, 2.45) is 0 Å². The van der Waals surface area contributed by atoms with Crippen LogP contribution in [0.3, 0.4) is 0 Å². The normalized spacial score (nSPS) is 17.5. The van der Waals surface area contributed by atoms with E-state index in [0.717, 1.165) is 30.0 Å². The highest BCUT2D eigenvalue weighted by atomic mass is 35.5. The van der Waals surface area contributed by atoms with Crippen LogP contribution in [0.4, 0.5) is 0 Å². The second-order valence-corrected chi connectivity index (χ2v) is 12.0. The van der Waals surface area contributed by atoms with Crippen LogP contribution in [0, 0.1) is 0 Å². The molecule has 0 unspecified atom stereocenters. The van der Waals surface area contributed by atoms with Crippen LogP contribution in [0.2, 0.25) is 10.0 Å². The van der Waals surface area contributed by atoms with Crippen LogP contribution >= 0.6 is 23.2 Å². The Morgan fingerprint density at radius 2 is 1.84 bits per heavy atom. The van der Waals surface area contributed by atoms with E-state index in [1.165, 1.54) is 17.0 Å². The van der Waals surface area contributed by atoms with Gasteiger partial charge in [0.2, 0.25) is 11.8 Å². The molecular formula is C26H29Cl2N3O5S. The molecule has 0 aromatic heterocycles. The topological polar surface area (TPSA) is 104 Å². The van der Waals surface area contributed by atoms with Crippen molar-refractivity contribution in [2.45, 2.75) is 69.0 Å². The molecule has 0 spiro atoms. The number of nitrogens with one attached hydrogen (secondary N) is 1. The SMILES string of the molecule is CC[C@H](C(=O)NC1CCCC1)N(Cc1ccc(Cl)cc1Cl)C(=O)CCN1C(=O)c2ccccc2S1(=O)=O. The Morgan fingerprint density at radius 3 is 2.49 bits per heavy atom. The number of hydrogen-bond donors (Lipinski definition) is 1. The lowest BCUT2D eigenvalue weighted by molar-refractivity contribution is -0.141. The van der Waals surface area contributed by atoms with Gasteiger partial charge in [-0.25, -0.2) is 12.7 Å². The molecule has 2 aliphatic rings. The number of sulfonamides is 1. The first-order chi connectivity index (χ1) is 17.6. The van der Waals surface area contributed by atoms with Crippen LogP contribution < -0.4 is 5.32 Å². The summed E-state index contributed by atoms with van der Waals surface area (Å²) >= 11 is 12.4. The van der Waals surface area contributed by atoms with Crippen molar-refractivity contribution in [3.05, 3.63) is 63.6 Å². The molecule has 198 valence electrons. The van der Waals surface area contributed by atoms with Crippen molar-refractivity contribution in [3.63, 3.8) is 0 Å². The van der Waals surface area contributed by atoms with Crippen LogP contribution in [-0.4, -0.2) is 54.0 Å². The van der Waals surface area contributed by atoms with Crippen LogP contribution in [-0.2, 0) is 26.2 Å². The third-order valence-electron chi connectivity index (χ3n) is 6.88. The van der Waals surface area contributed by atoms with Crippen molar-refractivity contribution in [1.82, 2.24) is 14.5 Å². The van der Waals surface area contributed by atoms with Gasteiger partial charge in [-0.15, -0.1) is 0 Å². The summed E-state index contributed by atoms with van der Waals surface area (Å²) in [6, 6.07) is 10.2. The molecule has 0 saturated heterocycles. The van der Waals surface area contributed by atoms with E-state index >= 15 is 0 Å². The maximum Gasteiger partial charge on any atom is 0.269 e. The summed E-state index contributed by atoms with van der Waals surface area (Å²) in [5, 5.41) is 3.85. The Morgan fingerprint density at radius 1 is 1.14 bits per heavy atom. The summed E-state index contributed by atoms with van der Waals surface area (Å²) in [5.41, 5.74) is 0.686. The highest BCUT2D eigenvalue weighted by Gasteiger charge is 2.41. The predicted octanol–water partition coefficient (Wildman–Crippen LogP) is 4.39. The molecule has 0 bridgehead atoms. The molecule has 1 heterocycles. The number of hydrogen-bond acceptors (Lipinski definition) is 5. The molecule has 1 fully saturated rings. The van der Waals surface area contributed by atoms with Crippen LogP contribution in [0.15, 0.2) is 47.4 Å². The van der Waals surface area contributed by atoms with Gasteiger partial charge in [-0.05, 0) is 49.1 Å². The van der Waals surface area contributed by atoms with Crippen molar-refractivity contribution >= 4 is 50.9 Å². The second-order valence-electron chi connectivity index (χ2n) is 9.30. The van der Waals surface area contributed by atoms with E-state index in [1.54, 1.807) is 30.3 Å². The minimum Gasteiger partial charge on any atom is -0.352 e. The molecule has 2 aromatic carbocycles. The Balaban J connectivity index is 1.56. The summed E-state index contributed by atoms with van der Waals surface area (Å²) in [6.07, 6.45) is 3.96. The number of fused-ring (bicyclic) bond motifs is 1. The number of benzene rings is 2. The maximum atomic E-state index is 13.6. The third kappa shape index (κ3) is 5.78. The lowest BCUT2D eigenvalue weighted by Gasteiger charge is -2.32. The molecule has 0 radical (unpaired) electrons. The summed E-state index contributed by atoms with van der Waals surface area (Å²) in [5.74, 6) is -1.38. The van der Waals surface area contributed by atoms with Crippen LogP contribution in [0.1, 0.15) is 61.4 Å². The van der Waals surface area contributed by atoms with Crippen molar-refractivity contribution < 1.29 is 22.8 Å². The highest BCUT2D eigenvalue weighted by molar-refractivity contribution is 7.90. The molecule has 1 N–H and O–H groups in total. The van der Waals surface area contributed by atoms with E-state index in [1.807, 2.05) is 6.92 Å². The van der Waals surface area contributed by atoms with E-state index in [-0.39, 0.29) is 41.9 Å². The zero-order chi connectivity index (χ0) is 26.7. The third-order valence-corrected chi connectivity index (χ3v) is 9.31. The lowest BCUT2D eigenvalue weighted by atomic mass is 10.1. The van der Waals surface area contributed by atoms with Gasteiger partial charge in [0.05, 0.1) is 5.56 Å². The number of rotatable bonds is 9. The quantitative estimate of drug-likeness (QED) is 0.485. The molecule has 37 heavy (non-hydrogen) atoms. The van der Waals surface area contributed by atoms with Gasteiger partial charge < -0.3 is 10.2 Å². The van der Waals surface area contributed by atoms with Gasteiger partial charge in [0.1, 0.15) is 10.9 Å². The van der Waals surface area contributed by atoms with Gasteiger partial charge in [0, 0.05) is 35.6 Å².